The lowest BCUT2D eigenvalue weighted by molar-refractivity contribution is -0.00804. The van der Waals surface area contributed by atoms with Gasteiger partial charge in [-0.2, -0.15) is 5.10 Å². The fraction of sp³-hybridized carbons (Fsp3) is 0.800. The van der Waals surface area contributed by atoms with Crippen LogP contribution < -0.4 is 5.32 Å². The van der Waals surface area contributed by atoms with Gasteiger partial charge in [-0.25, -0.2) is 0 Å². The summed E-state index contributed by atoms with van der Waals surface area (Å²) in [6, 6.07) is 0. The lowest BCUT2D eigenvalue weighted by Crippen LogP contribution is -2.48. The third kappa shape index (κ3) is 7.69. The number of guanidine groups is 1. The second-order valence-electron chi connectivity index (χ2n) is 7.84. The highest BCUT2D eigenvalue weighted by molar-refractivity contribution is 14.0. The highest BCUT2D eigenvalue weighted by Gasteiger charge is 2.25. The number of rotatable bonds is 6. The van der Waals surface area contributed by atoms with Crippen molar-refractivity contribution in [1.29, 1.82) is 0 Å². The Morgan fingerprint density at radius 2 is 2.10 bits per heavy atom. The number of hydrogen-bond donors (Lipinski definition) is 1. The second-order valence-corrected chi connectivity index (χ2v) is 7.84. The predicted molar refractivity (Wildman–Crippen MR) is 128 cm³/mol. The molecule has 29 heavy (non-hydrogen) atoms. The van der Waals surface area contributed by atoms with Gasteiger partial charge in [-0.1, -0.05) is 0 Å². The van der Waals surface area contributed by atoms with E-state index in [1.807, 2.05) is 24.1 Å². The number of likely N-dealkylation sites (N-methyl/N-ethyl adjacent to an activating group) is 1. The molecular formula is C20H38IN7O. The van der Waals surface area contributed by atoms with Crippen molar-refractivity contribution >= 4 is 29.9 Å². The first kappa shape index (κ1) is 24.4. The number of aryl methyl sites for hydroxylation is 1. The monoisotopic (exact) mass is 519 g/mol. The fourth-order valence-corrected chi connectivity index (χ4v) is 3.88. The minimum atomic E-state index is 0. The molecule has 0 radical (unpaired) electrons. The van der Waals surface area contributed by atoms with Gasteiger partial charge in [-0.3, -0.25) is 9.67 Å². The van der Waals surface area contributed by atoms with E-state index in [1.165, 1.54) is 32.6 Å². The molecule has 0 aliphatic carbocycles. The Kier molecular flexibility index (Phi) is 10.7. The molecule has 1 N–H and O–H groups in total. The molecule has 0 aromatic carbocycles. The van der Waals surface area contributed by atoms with Crippen LogP contribution >= 0.6 is 24.0 Å². The van der Waals surface area contributed by atoms with E-state index in [0.717, 1.165) is 50.7 Å². The largest absolute Gasteiger partial charge is 0.370 e. The molecule has 1 unspecified atom stereocenters. The summed E-state index contributed by atoms with van der Waals surface area (Å²) in [6.45, 7) is 12.2. The van der Waals surface area contributed by atoms with Gasteiger partial charge in [-0.05, 0) is 46.4 Å². The van der Waals surface area contributed by atoms with Crippen molar-refractivity contribution in [2.75, 3.05) is 72.6 Å². The first-order valence-corrected chi connectivity index (χ1v) is 10.7. The standard InChI is InChI=1S/C20H37N7O.HI/c1-4-21-20(22-7-5-9-26-10-6-8-24(2)11-12-26)27-13-14-28-19(17-27)18-15-23-25(3)16-18;/h15-16,19H,4-14,17H2,1-3H3,(H,21,22);1H. The summed E-state index contributed by atoms with van der Waals surface area (Å²) in [4.78, 5) is 12.2. The molecule has 1 atom stereocenters. The van der Waals surface area contributed by atoms with E-state index in [4.69, 9.17) is 9.73 Å². The molecule has 1 aromatic heterocycles. The van der Waals surface area contributed by atoms with Crippen molar-refractivity contribution in [2.24, 2.45) is 12.0 Å². The van der Waals surface area contributed by atoms with Gasteiger partial charge < -0.3 is 24.8 Å². The number of aliphatic imine (C=N–C) groups is 1. The zero-order chi connectivity index (χ0) is 19.8. The van der Waals surface area contributed by atoms with E-state index >= 15 is 0 Å². The Morgan fingerprint density at radius 3 is 2.86 bits per heavy atom. The van der Waals surface area contributed by atoms with Crippen LogP contribution in [-0.4, -0.2) is 103 Å². The summed E-state index contributed by atoms with van der Waals surface area (Å²) < 4.78 is 7.80. The van der Waals surface area contributed by atoms with Crippen molar-refractivity contribution in [3.8, 4) is 0 Å². The zero-order valence-electron chi connectivity index (χ0n) is 18.2. The Bertz CT molecular complexity index is 624. The molecular weight excluding hydrogens is 481 g/mol. The van der Waals surface area contributed by atoms with Crippen LogP contribution in [0.2, 0.25) is 0 Å². The van der Waals surface area contributed by atoms with E-state index in [1.54, 1.807) is 0 Å². The molecule has 2 fully saturated rings. The average molecular weight is 519 g/mol. The third-order valence-electron chi connectivity index (χ3n) is 5.50. The van der Waals surface area contributed by atoms with E-state index in [-0.39, 0.29) is 30.1 Å². The van der Waals surface area contributed by atoms with E-state index in [9.17, 15) is 0 Å². The number of halogens is 1. The zero-order valence-corrected chi connectivity index (χ0v) is 20.5. The molecule has 1 aromatic rings. The maximum atomic E-state index is 5.97. The minimum Gasteiger partial charge on any atom is -0.370 e. The van der Waals surface area contributed by atoms with Crippen molar-refractivity contribution in [1.82, 2.24) is 29.8 Å². The summed E-state index contributed by atoms with van der Waals surface area (Å²) >= 11 is 0. The molecule has 3 heterocycles. The molecule has 8 nitrogen and oxygen atoms in total. The van der Waals surface area contributed by atoms with E-state index in [0.29, 0.717) is 6.61 Å². The number of aromatic nitrogens is 2. The van der Waals surface area contributed by atoms with Crippen LogP contribution in [0.1, 0.15) is 31.4 Å². The van der Waals surface area contributed by atoms with Crippen LogP contribution in [0.3, 0.4) is 0 Å². The minimum absolute atomic E-state index is 0. The van der Waals surface area contributed by atoms with Crippen LogP contribution in [0.4, 0.5) is 0 Å². The molecule has 0 bridgehead atoms. The molecule has 2 aliphatic heterocycles. The third-order valence-corrected chi connectivity index (χ3v) is 5.50. The lowest BCUT2D eigenvalue weighted by Gasteiger charge is -2.34. The lowest BCUT2D eigenvalue weighted by atomic mass is 10.1. The van der Waals surface area contributed by atoms with Crippen LogP contribution in [0.15, 0.2) is 17.4 Å². The fourth-order valence-electron chi connectivity index (χ4n) is 3.88. The van der Waals surface area contributed by atoms with Gasteiger partial charge in [0.1, 0.15) is 6.10 Å². The number of nitrogens with one attached hydrogen (secondary N) is 1. The van der Waals surface area contributed by atoms with Gasteiger partial charge in [0, 0.05) is 51.5 Å². The number of nitrogens with zero attached hydrogens (tertiary/aromatic N) is 6. The smallest absolute Gasteiger partial charge is 0.194 e. The highest BCUT2D eigenvalue weighted by atomic mass is 127. The van der Waals surface area contributed by atoms with Gasteiger partial charge in [0.2, 0.25) is 0 Å². The maximum Gasteiger partial charge on any atom is 0.194 e. The Hall–Kier alpha value is -0.910. The van der Waals surface area contributed by atoms with Crippen LogP contribution in [0.5, 0.6) is 0 Å². The molecule has 3 rings (SSSR count). The van der Waals surface area contributed by atoms with Gasteiger partial charge in [0.05, 0.1) is 19.3 Å². The average Bonchev–Trinajstić information content (AvgIpc) is 3.03. The van der Waals surface area contributed by atoms with Crippen molar-refractivity contribution in [3.05, 3.63) is 18.0 Å². The highest BCUT2D eigenvalue weighted by Crippen LogP contribution is 2.21. The summed E-state index contributed by atoms with van der Waals surface area (Å²) in [7, 11) is 4.16. The van der Waals surface area contributed by atoms with Crippen molar-refractivity contribution < 1.29 is 4.74 Å². The number of hydrogen-bond acceptors (Lipinski definition) is 5. The SMILES string of the molecule is CCNC(=NCCCN1CCCN(C)CC1)N1CCOC(c2cnn(C)c2)C1.I. The summed E-state index contributed by atoms with van der Waals surface area (Å²) in [6.07, 6.45) is 6.37. The first-order valence-electron chi connectivity index (χ1n) is 10.7. The summed E-state index contributed by atoms with van der Waals surface area (Å²) in [5.74, 6) is 1.01. The Morgan fingerprint density at radius 1 is 1.24 bits per heavy atom. The van der Waals surface area contributed by atoms with Gasteiger partial charge >= 0.3 is 0 Å². The molecule has 0 spiro atoms. The number of morpholine rings is 1. The number of ether oxygens (including phenoxy) is 1. The molecule has 2 saturated heterocycles. The summed E-state index contributed by atoms with van der Waals surface area (Å²) in [5, 5.41) is 7.74. The van der Waals surface area contributed by atoms with Crippen LogP contribution in [-0.2, 0) is 11.8 Å². The topological polar surface area (TPSA) is 61.2 Å². The van der Waals surface area contributed by atoms with Crippen LogP contribution in [0.25, 0.3) is 0 Å². The molecule has 0 saturated carbocycles. The van der Waals surface area contributed by atoms with Crippen molar-refractivity contribution in [2.45, 2.75) is 25.9 Å². The van der Waals surface area contributed by atoms with Gasteiger partial charge in [-0.15, -0.1) is 24.0 Å². The van der Waals surface area contributed by atoms with Crippen molar-refractivity contribution in [3.63, 3.8) is 0 Å². The second kappa shape index (κ2) is 12.7. The van der Waals surface area contributed by atoms with E-state index in [2.05, 4.69) is 39.1 Å². The van der Waals surface area contributed by atoms with E-state index < -0.39 is 0 Å². The molecule has 166 valence electrons. The summed E-state index contributed by atoms with van der Waals surface area (Å²) in [5.41, 5.74) is 1.13. The molecule has 9 heteroatoms. The van der Waals surface area contributed by atoms with Gasteiger partial charge in [0.25, 0.3) is 0 Å². The van der Waals surface area contributed by atoms with Crippen LogP contribution in [0, 0.1) is 0 Å². The Balaban J connectivity index is 0.00000300. The first-order chi connectivity index (χ1) is 13.7. The molecule has 2 aliphatic rings. The molecule has 0 amide bonds. The quantitative estimate of drug-likeness (QED) is 0.266. The maximum absolute atomic E-state index is 5.97. The normalized spacial score (nSPS) is 22.2. The predicted octanol–water partition coefficient (Wildman–Crippen LogP) is 1.40. The Labute approximate surface area is 192 Å². The van der Waals surface area contributed by atoms with Gasteiger partial charge in [0.15, 0.2) is 5.96 Å².